The molecule has 0 heterocycles. The van der Waals surface area contributed by atoms with E-state index in [2.05, 4.69) is 22.2 Å². The molecular weight excluding hydrogens is 400 g/mol. The molecule has 0 atom stereocenters. The summed E-state index contributed by atoms with van der Waals surface area (Å²) in [5, 5.41) is 18.1. The number of ether oxygens (including phenoxy) is 1. The van der Waals surface area contributed by atoms with Crippen molar-refractivity contribution >= 4 is 36.3 Å². The number of benzene rings is 2. The van der Waals surface area contributed by atoms with E-state index < -0.39 is 17.1 Å². The van der Waals surface area contributed by atoms with Gasteiger partial charge in [0.2, 0.25) is 0 Å². The Labute approximate surface area is 164 Å². The first-order valence-corrected chi connectivity index (χ1v) is 8.00. The van der Waals surface area contributed by atoms with Crippen LogP contribution in [0.15, 0.2) is 47.4 Å². The van der Waals surface area contributed by atoms with Gasteiger partial charge in [0.1, 0.15) is 13.2 Å². The highest BCUT2D eigenvalue weighted by Crippen LogP contribution is 2.20. The number of rotatable bonds is 6. The summed E-state index contributed by atoms with van der Waals surface area (Å²) in [7, 11) is 0. The van der Waals surface area contributed by atoms with Crippen LogP contribution in [-0.4, -0.2) is 22.3 Å². The molecule has 0 aliphatic carbocycles. The van der Waals surface area contributed by atoms with Crippen LogP contribution in [0.3, 0.4) is 0 Å². The minimum absolute atomic E-state index is 0.0294. The number of thiol groups is 1. The zero-order chi connectivity index (χ0) is 20.4. The molecular formula is C16H15ClN2O7S. The molecule has 9 nitrogen and oxygen atoms in total. The van der Waals surface area contributed by atoms with Crippen LogP contribution in [-0.2, 0) is 22.8 Å². The summed E-state index contributed by atoms with van der Waals surface area (Å²) in [4.78, 5) is 35.4. The van der Waals surface area contributed by atoms with Gasteiger partial charge < -0.3 is 20.4 Å². The Morgan fingerprint density at radius 1 is 1.19 bits per heavy atom. The number of nitrogens with two attached hydrogens (primary N) is 1. The minimum atomic E-state index is -0.975. The Morgan fingerprint density at radius 3 is 2.33 bits per heavy atom. The summed E-state index contributed by atoms with van der Waals surface area (Å²) in [5.41, 5.74) is 6.29. The van der Waals surface area contributed by atoms with Crippen LogP contribution in [0.2, 0.25) is 5.02 Å². The van der Waals surface area contributed by atoms with Gasteiger partial charge in [-0.05, 0) is 29.3 Å². The lowest BCUT2D eigenvalue weighted by Crippen LogP contribution is -2.12. The molecule has 0 saturated heterocycles. The van der Waals surface area contributed by atoms with Crippen LogP contribution < -0.4 is 5.73 Å². The molecule has 0 fully saturated rings. The zero-order valence-electron chi connectivity index (χ0n) is 13.7. The smallest absolute Gasteiger partial charge is 0.404 e. The summed E-state index contributed by atoms with van der Waals surface area (Å²) in [5.74, 6) is -0.975. The van der Waals surface area contributed by atoms with Gasteiger partial charge in [-0.3, -0.25) is 0 Å². The van der Waals surface area contributed by atoms with E-state index in [1.807, 2.05) is 0 Å². The van der Waals surface area contributed by atoms with E-state index in [0.29, 0.717) is 21.0 Å². The van der Waals surface area contributed by atoms with Crippen molar-refractivity contribution in [3.8, 4) is 0 Å². The second-order valence-corrected chi connectivity index (χ2v) is 5.79. The predicted octanol–water partition coefficient (Wildman–Crippen LogP) is 3.32. The van der Waals surface area contributed by atoms with E-state index in [1.165, 1.54) is 18.2 Å². The highest BCUT2D eigenvalue weighted by Gasteiger charge is 2.04. The molecule has 11 heteroatoms. The number of nitrogens with zero attached hydrogens (tertiary/aromatic N) is 1. The number of hydrogen-bond acceptors (Lipinski definition) is 7. The number of carbonyl (C=O) groups excluding carboxylic acids is 1. The largest absolute Gasteiger partial charge is 0.478 e. The molecule has 0 aliphatic rings. The fourth-order valence-corrected chi connectivity index (χ4v) is 2.07. The summed E-state index contributed by atoms with van der Waals surface area (Å²) >= 11 is 9.58. The summed E-state index contributed by atoms with van der Waals surface area (Å²) in [6.07, 6.45) is -0.869. The third-order valence-corrected chi connectivity index (χ3v) is 3.73. The molecule has 2 aromatic rings. The van der Waals surface area contributed by atoms with Gasteiger partial charge >= 0.3 is 12.1 Å². The number of carboxylic acid groups (broad SMARTS) is 1. The Bertz CT molecular complexity index is 799. The fourth-order valence-electron chi connectivity index (χ4n) is 1.74. The second kappa shape index (κ2) is 10.9. The maximum Gasteiger partial charge on any atom is 0.404 e. The van der Waals surface area contributed by atoms with Crippen LogP contribution >= 0.6 is 24.2 Å². The normalized spacial score (nSPS) is 9.56. The van der Waals surface area contributed by atoms with Crippen molar-refractivity contribution in [1.29, 1.82) is 0 Å². The number of amides is 1. The average Bonchev–Trinajstić information content (AvgIpc) is 2.61. The number of halogens is 1. The fraction of sp³-hybridized carbons (Fsp3) is 0.125. The Hall–Kier alpha value is -2.98. The molecule has 0 saturated carbocycles. The maximum atomic E-state index is 10.4. The Morgan fingerprint density at radius 2 is 1.81 bits per heavy atom. The molecule has 144 valence electrons. The molecule has 2 rings (SSSR count). The Balaban J connectivity index is 0.000000289. The van der Waals surface area contributed by atoms with Gasteiger partial charge in [-0.2, -0.15) is 0 Å². The third kappa shape index (κ3) is 8.79. The number of hydrogen-bond donors (Lipinski definition) is 3. The molecule has 0 bridgehead atoms. The second-order valence-electron chi connectivity index (χ2n) is 4.90. The molecule has 3 N–H and O–H groups in total. The predicted molar refractivity (Wildman–Crippen MR) is 98.3 cm³/mol. The number of primary amides is 1. The van der Waals surface area contributed by atoms with Crippen molar-refractivity contribution < 1.29 is 29.4 Å². The van der Waals surface area contributed by atoms with Crippen LogP contribution in [0.4, 0.5) is 4.79 Å². The van der Waals surface area contributed by atoms with E-state index in [4.69, 9.17) is 22.4 Å². The number of carboxylic acids is 1. The van der Waals surface area contributed by atoms with Gasteiger partial charge in [0.25, 0.3) is 5.09 Å². The zero-order valence-corrected chi connectivity index (χ0v) is 15.4. The molecule has 0 spiro atoms. The highest BCUT2D eigenvalue weighted by molar-refractivity contribution is 7.80. The standard InChI is InChI=1S/C9H10N2O5.C7H5ClO2S/c10-9(12)15-5-7-2-1-3-8(4-7)6-16-11(13)14;8-5-2-1-4(7(9)10)3-6(5)11/h1-4H,5-6H2,(H2,10,12);1-3,11H,(H,9,10). The SMILES string of the molecule is NC(=O)OCc1cccc(CO[N+](=O)[O-])c1.O=C(O)c1ccc(Cl)c(S)c1. The van der Waals surface area contributed by atoms with E-state index in [-0.39, 0.29) is 18.8 Å². The summed E-state index contributed by atoms with van der Waals surface area (Å²) in [6.45, 7) is -0.112. The average molecular weight is 415 g/mol. The van der Waals surface area contributed by atoms with Gasteiger partial charge in [-0.1, -0.05) is 35.9 Å². The van der Waals surface area contributed by atoms with Gasteiger partial charge in [-0.15, -0.1) is 22.7 Å². The molecule has 2 aromatic carbocycles. The topological polar surface area (TPSA) is 142 Å². The van der Waals surface area contributed by atoms with Gasteiger partial charge in [0.05, 0.1) is 10.6 Å². The van der Waals surface area contributed by atoms with Crippen molar-refractivity contribution in [3.05, 3.63) is 74.3 Å². The maximum absolute atomic E-state index is 10.4. The first kappa shape index (κ1) is 22.1. The van der Waals surface area contributed by atoms with E-state index in [0.717, 1.165) is 0 Å². The van der Waals surface area contributed by atoms with Gasteiger partial charge in [0.15, 0.2) is 0 Å². The van der Waals surface area contributed by atoms with Crippen molar-refractivity contribution in [1.82, 2.24) is 0 Å². The first-order valence-electron chi connectivity index (χ1n) is 7.18. The molecule has 0 unspecified atom stereocenters. The molecule has 1 amide bonds. The van der Waals surface area contributed by atoms with E-state index in [9.17, 15) is 19.7 Å². The molecule has 27 heavy (non-hydrogen) atoms. The van der Waals surface area contributed by atoms with Crippen molar-refractivity contribution in [2.75, 3.05) is 0 Å². The van der Waals surface area contributed by atoms with Crippen LogP contribution in [0.5, 0.6) is 0 Å². The lowest BCUT2D eigenvalue weighted by Gasteiger charge is -2.04. The first-order chi connectivity index (χ1) is 12.7. The van der Waals surface area contributed by atoms with E-state index >= 15 is 0 Å². The van der Waals surface area contributed by atoms with Gasteiger partial charge in [0, 0.05) is 4.90 Å². The monoisotopic (exact) mass is 414 g/mol. The number of carbonyl (C=O) groups is 2. The quantitative estimate of drug-likeness (QED) is 0.373. The molecule has 0 aromatic heterocycles. The van der Waals surface area contributed by atoms with Gasteiger partial charge in [-0.25, -0.2) is 9.59 Å². The van der Waals surface area contributed by atoms with E-state index in [1.54, 1.807) is 24.3 Å². The van der Waals surface area contributed by atoms with Crippen LogP contribution in [0, 0.1) is 10.1 Å². The third-order valence-electron chi connectivity index (χ3n) is 2.90. The number of aromatic carboxylic acids is 1. The molecule has 0 radical (unpaired) electrons. The Kier molecular flexibility index (Phi) is 8.90. The summed E-state index contributed by atoms with van der Waals surface area (Å²) < 4.78 is 4.57. The summed E-state index contributed by atoms with van der Waals surface area (Å²) in [6, 6.07) is 11.0. The van der Waals surface area contributed by atoms with Crippen molar-refractivity contribution in [3.63, 3.8) is 0 Å². The van der Waals surface area contributed by atoms with Crippen LogP contribution in [0.1, 0.15) is 21.5 Å². The van der Waals surface area contributed by atoms with Crippen LogP contribution in [0.25, 0.3) is 0 Å². The lowest BCUT2D eigenvalue weighted by molar-refractivity contribution is -0.763. The lowest BCUT2D eigenvalue weighted by atomic mass is 10.1. The van der Waals surface area contributed by atoms with Crippen molar-refractivity contribution in [2.24, 2.45) is 5.73 Å². The van der Waals surface area contributed by atoms with Crippen molar-refractivity contribution in [2.45, 2.75) is 18.1 Å². The molecule has 0 aliphatic heterocycles. The highest BCUT2D eigenvalue weighted by atomic mass is 35.5. The minimum Gasteiger partial charge on any atom is -0.478 e.